The van der Waals surface area contributed by atoms with Gasteiger partial charge in [-0.15, -0.1) is 11.8 Å². The molecule has 0 aliphatic carbocycles. The Morgan fingerprint density at radius 1 is 1.30 bits per heavy atom. The number of carbonyl (C=O) groups is 2. The molecule has 3 rings (SSSR count). The summed E-state index contributed by atoms with van der Waals surface area (Å²) in [5.41, 5.74) is 2.62. The molecule has 0 fully saturated rings. The molecular formula is C17H15BrN2O2S. The van der Waals surface area contributed by atoms with Gasteiger partial charge in [-0.25, -0.2) is 0 Å². The third kappa shape index (κ3) is 3.76. The first-order valence-electron chi connectivity index (χ1n) is 7.15. The quantitative estimate of drug-likeness (QED) is 0.825. The Bertz CT molecular complexity index is 779. The summed E-state index contributed by atoms with van der Waals surface area (Å²) in [5, 5.41) is 5.28. The maximum absolute atomic E-state index is 12.3. The molecule has 1 heterocycles. The highest BCUT2D eigenvalue weighted by atomic mass is 79.9. The van der Waals surface area contributed by atoms with Crippen molar-refractivity contribution in [1.82, 2.24) is 0 Å². The van der Waals surface area contributed by atoms with Crippen molar-refractivity contribution in [1.29, 1.82) is 0 Å². The normalized spacial score (nSPS) is 16.4. The Balaban J connectivity index is 1.67. The average Bonchev–Trinajstić information content (AvgIpc) is 2.51. The molecular weight excluding hydrogens is 376 g/mol. The van der Waals surface area contributed by atoms with E-state index in [9.17, 15) is 9.59 Å². The van der Waals surface area contributed by atoms with Crippen LogP contribution in [0.1, 0.15) is 12.0 Å². The number of carbonyl (C=O) groups excluding carboxylic acids is 2. The van der Waals surface area contributed by atoms with E-state index in [1.807, 2.05) is 49.4 Å². The molecule has 6 heteroatoms. The zero-order valence-corrected chi connectivity index (χ0v) is 14.8. The predicted molar refractivity (Wildman–Crippen MR) is 96.8 cm³/mol. The largest absolute Gasteiger partial charge is 0.325 e. The molecule has 1 aliphatic rings. The minimum Gasteiger partial charge on any atom is -0.325 e. The summed E-state index contributed by atoms with van der Waals surface area (Å²) < 4.78 is 0.831. The van der Waals surface area contributed by atoms with Crippen molar-refractivity contribution in [3.8, 4) is 0 Å². The number of anilines is 2. The van der Waals surface area contributed by atoms with Crippen molar-refractivity contribution in [2.75, 3.05) is 10.6 Å². The standard InChI is InChI=1S/C17H15BrN2O2S/c1-10-6-7-12(11(18)8-10)19-16(21)9-15-17(22)20-13-4-2-3-5-14(13)23-15/h2-8,15H,9H2,1H3,(H,19,21)(H,20,22)/t15-/m0/s1. The SMILES string of the molecule is Cc1ccc(NC(=O)C[C@@H]2Sc3ccccc3NC2=O)c(Br)c1. The van der Waals surface area contributed by atoms with Crippen LogP contribution in [0, 0.1) is 6.92 Å². The number of benzene rings is 2. The van der Waals surface area contributed by atoms with Gasteiger partial charge in [0.15, 0.2) is 0 Å². The summed E-state index contributed by atoms with van der Waals surface area (Å²) in [6, 6.07) is 13.3. The van der Waals surface area contributed by atoms with Crippen molar-refractivity contribution >= 4 is 50.9 Å². The molecule has 2 aromatic rings. The molecule has 1 atom stereocenters. The second-order valence-electron chi connectivity index (χ2n) is 5.33. The van der Waals surface area contributed by atoms with Crippen LogP contribution in [0.25, 0.3) is 0 Å². The van der Waals surface area contributed by atoms with E-state index in [1.165, 1.54) is 11.8 Å². The number of nitrogens with one attached hydrogen (secondary N) is 2. The summed E-state index contributed by atoms with van der Waals surface area (Å²) in [4.78, 5) is 25.4. The van der Waals surface area contributed by atoms with Gasteiger partial charge in [-0.2, -0.15) is 0 Å². The molecule has 0 aromatic heterocycles. The highest BCUT2D eigenvalue weighted by Crippen LogP contribution is 2.36. The lowest BCUT2D eigenvalue weighted by molar-refractivity contribution is -0.120. The Morgan fingerprint density at radius 3 is 2.87 bits per heavy atom. The van der Waals surface area contributed by atoms with Crippen LogP contribution >= 0.6 is 27.7 Å². The van der Waals surface area contributed by atoms with E-state index in [0.29, 0.717) is 5.69 Å². The Morgan fingerprint density at radius 2 is 2.09 bits per heavy atom. The van der Waals surface area contributed by atoms with Crippen molar-refractivity contribution in [3.05, 3.63) is 52.5 Å². The first kappa shape index (κ1) is 16.1. The van der Waals surface area contributed by atoms with E-state index in [-0.39, 0.29) is 18.2 Å². The van der Waals surface area contributed by atoms with Crippen molar-refractivity contribution in [3.63, 3.8) is 0 Å². The van der Waals surface area contributed by atoms with E-state index in [4.69, 9.17) is 0 Å². The molecule has 2 N–H and O–H groups in total. The summed E-state index contributed by atoms with van der Waals surface area (Å²) in [6.07, 6.45) is 0.130. The number of aryl methyl sites for hydroxylation is 1. The highest BCUT2D eigenvalue weighted by molar-refractivity contribution is 9.10. The molecule has 118 valence electrons. The van der Waals surface area contributed by atoms with Gasteiger partial charge >= 0.3 is 0 Å². The van der Waals surface area contributed by atoms with Crippen LogP contribution in [0.5, 0.6) is 0 Å². The van der Waals surface area contributed by atoms with Crippen LogP contribution in [-0.2, 0) is 9.59 Å². The number of hydrogen-bond donors (Lipinski definition) is 2. The Labute approximate surface area is 147 Å². The highest BCUT2D eigenvalue weighted by Gasteiger charge is 2.28. The molecule has 0 spiro atoms. The number of fused-ring (bicyclic) bond motifs is 1. The first-order chi connectivity index (χ1) is 11.0. The Hall–Kier alpha value is -1.79. The fraction of sp³-hybridized carbons (Fsp3) is 0.176. The van der Waals surface area contributed by atoms with Crippen molar-refractivity contribution in [2.45, 2.75) is 23.5 Å². The summed E-state index contributed by atoms with van der Waals surface area (Å²) in [7, 11) is 0. The number of thioether (sulfide) groups is 1. The summed E-state index contributed by atoms with van der Waals surface area (Å²) in [6.45, 7) is 1.98. The fourth-order valence-corrected chi connectivity index (χ4v) is 4.02. The van der Waals surface area contributed by atoms with E-state index in [1.54, 1.807) is 0 Å². The Kier molecular flexibility index (Phi) is 4.73. The van der Waals surface area contributed by atoms with Crippen LogP contribution < -0.4 is 10.6 Å². The van der Waals surface area contributed by atoms with E-state index in [0.717, 1.165) is 20.6 Å². The number of amides is 2. The molecule has 0 radical (unpaired) electrons. The second kappa shape index (κ2) is 6.76. The molecule has 2 amide bonds. The number of hydrogen-bond acceptors (Lipinski definition) is 3. The van der Waals surface area contributed by atoms with Gasteiger partial charge in [0.2, 0.25) is 11.8 Å². The number of rotatable bonds is 3. The third-order valence-corrected chi connectivity index (χ3v) is 5.41. The van der Waals surface area contributed by atoms with Gasteiger partial charge in [-0.1, -0.05) is 18.2 Å². The topological polar surface area (TPSA) is 58.2 Å². The molecule has 23 heavy (non-hydrogen) atoms. The zero-order valence-electron chi connectivity index (χ0n) is 12.4. The third-order valence-electron chi connectivity index (χ3n) is 3.48. The van der Waals surface area contributed by atoms with Gasteiger partial charge in [-0.3, -0.25) is 9.59 Å². The monoisotopic (exact) mass is 390 g/mol. The van der Waals surface area contributed by atoms with Crippen LogP contribution in [0.2, 0.25) is 0 Å². The molecule has 0 bridgehead atoms. The molecule has 0 saturated carbocycles. The maximum Gasteiger partial charge on any atom is 0.238 e. The smallest absolute Gasteiger partial charge is 0.238 e. The molecule has 2 aromatic carbocycles. The minimum absolute atomic E-state index is 0.130. The number of halogens is 1. The molecule has 0 unspecified atom stereocenters. The van der Waals surface area contributed by atoms with E-state index >= 15 is 0 Å². The molecule has 1 aliphatic heterocycles. The van der Waals surface area contributed by atoms with Crippen molar-refractivity contribution < 1.29 is 9.59 Å². The molecule has 0 saturated heterocycles. The summed E-state index contributed by atoms with van der Waals surface area (Å²) >= 11 is 4.86. The minimum atomic E-state index is -0.422. The predicted octanol–water partition coefficient (Wildman–Crippen LogP) is 4.20. The first-order valence-corrected chi connectivity index (χ1v) is 8.83. The fourth-order valence-electron chi connectivity index (χ4n) is 2.32. The van der Waals surface area contributed by atoms with Crippen molar-refractivity contribution in [2.24, 2.45) is 0 Å². The second-order valence-corrected chi connectivity index (χ2v) is 7.43. The van der Waals surface area contributed by atoms with Gasteiger partial charge in [0, 0.05) is 15.8 Å². The maximum atomic E-state index is 12.3. The lowest BCUT2D eigenvalue weighted by Crippen LogP contribution is -2.32. The van der Waals surface area contributed by atoms with Crippen LogP contribution in [-0.4, -0.2) is 17.1 Å². The lowest BCUT2D eigenvalue weighted by atomic mass is 10.2. The van der Waals surface area contributed by atoms with Crippen LogP contribution in [0.4, 0.5) is 11.4 Å². The lowest BCUT2D eigenvalue weighted by Gasteiger charge is -2.23. The van der Waals surface area contributed by atoms with Crippen LogP contribution in [0.3, 0.4) is 0 Å². The van der Waals surface area contributed by atoms with Gasteiger partial charge < -0.3 is 10.6 Å². The van der Waals surface area contributed by atoms with Gasteiger partial charge in [-0.05, 0) is 52.7 Å². The van der Waals surface area contributed by atoms with E-state index in [2.05, 4.69) is 26.6 Å². The number of para-hydroxylation sites is 1. The van der Waals surface area contributed by atoms with Gasteiger partial charge in [0.1, 0.15) is 0 Å². The zero-order chi connectivity index (χ0) is 16.4. The van der Waals surface area contributed by atoms with Crippen LogP contribution in [0.15, 0.2) is 51.8 Å². The average molecular weight is 391 g/mol. The van der Waals surface area contributed by atoms with Gasteiger partial charge in [0.25, 0.3) is 0 Å². The van der Waals surface area contributed by atoms with E-state index < -0.39 is 5.25 Å². The molecule has 4 nitrogen and oxygen atoms in total. The van der Waals surface area contributed by atoms with Gasteiger partial charge in [0.05, 0.1) is 16.6 Å². The summed E-state index contributed by atoms with van der Waals surface area (Å²) in [5.74, 6) is -0.312.